The molecule has 2 aromatic heterocycles. The molecule has 200 valence electrons. The first kappa shape index (κ1) is 26.1. The number of nitrogens with zero attached hydrogens (tertiary/aromatic N) is 4. The largest absolute Gasteiger partial charge is 0.494 e. The molecule has 1 fully saturated rings. The van der Waals surface area contributed by atoms with Gasteiger partial charge in [-0.25, -0.2) is 8.42 Å². The predicted octanol–water partition coefficient (Wildman–Crippen LogP) is 4.34. The van der Waals surface area contributed by atoms with Crippen molar-refractivity contribution >= 4 is 44.4 Å². The van der Waals surface area contributed by atoms with Crippen LogP contribution in [0.25, 0.3) is 5.69 Å². The van der Waals surface area contributed by atoms with E-state index in [9.17, 15) is 18.5 Å². The van der Waals surface area contributed by atoms with Crippen molar-refractivity contribution in [1.29, 1.82) is 0 Å². The van der Waals surface area contributed by atoms with Crippen LogP contribution in [0.4, 0.5) is 17.1 Å². The molecule has 3 heterocycles. The van der Waals surface area contributed by atoms with Gasteiger partial charge in [0.05, 0.1) is 35.7 Å². The lowest BCUT2D eigenvalue weighted by Crippen LogP contribution is -2.30. The number of nitrogens with one attached hydrogen (secondary N) is 2. The van der Waals surface area contributed by atoms with Crippen molar-refractivity contribution in [3.8, 4) is 11.4 Å². The third-order valence-electron chi connectivity index (χ3n) is 6.28. The Kier molecular flexibility index (Phi) is 6.93. The first-order valence-electron chi connectivity index (χ1n) is 11.7. The average Bonchev–Trinajstić information content (AvgIpc) is 3.53. The molecule has 2 aromatic carbocycles. The van der Waals surface area contributed by atoms with Gasteiger partial charge < -0.3 is 19.5 Å². The molecule has 0 amide bonds. The fraction of sp³-hybridized carbons (Fsp3) is 0.154. The van der Waals surface area contributed by atoms with Crippen LogP contribution >= 0.6 is 12.2 Å². The Morgan fingerprint density at radius 2 is 1.82 bits per heavy atom. The van der Waals surface area contributed by atoms with Gasteiger partial charge >= 0.3 is 0 Å². The van der Waals surface area contributed by atoms with Crippen molar-refractivity contribution in [2.24, 2.45) is 0 Å². The predicted molar refractivity (Wildman–Crippen MR) is 152 cm³/mol. The van der Waals surface area contributed by atoms with Crippen LogP contribution in [0.2, 0.25) is 0 Å². The van der Waals surface area contributed by atoms with Crippen LogP contribution in [-0.4, -0.2) is 41.4 Å². The summed E-state index contributed by atoms with van der Waals surface area (Å²) in [5.41, 5.74) is 3.33. The number of hydrogen-bond donors (Lipinski definition) is 2. The van der Waals surface area contributed by atoms with Gasteiger partial charge in [0, 0.05) is 47.7 Å². The van der Waals surface area contributed by atoms with Crippen LogP contribution in [0.1, 0.15) is 23.5 Å². The number of thiocarbonyl (C=S) groups is 1. The van der Waals surface area contributed by atoms with Crippen LogP contribution in [-0.2, 0) is 10.0 Å². The Morgan fingerprint density at radius 1 is 1.08 bits per heavy atom. The normalized spacial score (nSPS) is 17.1. The molecule has 2 N–H and O–H groups in total. The molecule has 0 spiro atoms. The number of hydrogen-bond acceptors (Lipinski definition) is 7. The second-order valence-electron chi connectivity index (χ2n) is 8.83. The minimum atomic E-state index is -3.52. The number of anilines is 2. The molecular weight excluding hydrogens is 540 g/mol. The Bertz CT molecular complexity index is 1640. The van der Waals surface area contributed by atoms with E-state index in [2.05, 4.69) is 15.0 Å². The number of nitro benzene ring substituents is 1. The Morgan fingerprint density at radius 3 is 2.46 bits per heavy atom. The summed E-state index contributed by atoms with van der Waals surface area (Å²) in [6.07, 6.45) is 4.66. The number of pyridine rings is 1. The highest BCUT2D eigenvalue weighted by Crippen LogP contribution is 2.44. The third kappa shape index (κ3) is 5.26. The summed E-state index contributed by atoms with van der Waals surface area (Å²) in [4.78, 5) is 17.2. The highest BCUT2D eigenvalue weighted by molar-refractivity contribution is 7.92. The molecule has 0 saturated carbocycles. The quantitative estimate of drug-likeness (QED) is 0.182. The van der Waals surface area contributed by atoms with Crippen LogP contribution < -0.4 is 19.7 Å². The van der Waals surface area contributed by atoms with E-state index in [4.69, 9.17) is 17.0 Å². The van der Waals surface area contributed by atoms with Gasteiger partial charge in [0.25, 0.3) is 5.69 Å². The van der Waals surface area contributed by atoms with Crippen LogP contribution in [0.3, 0.4) is 0 Å². The fourth-order valence-electron chi connectivity index (χ4n) is 4.65. The molecule has 0 radical (unpaired) electrons. The van der Waals surface area contributed by atoms with E-state index in [0.717, 1.165) is 23.3 Å². The second-order valence-corrected chi connectivity index (χ2v) is 11.0. The van der Waals surface area contributed by atoms with Gasteiger partial charge in [-0.2, -0.15) is 0 Å². The number of ether oxygens (including phenoxy) is 1. The van der Waals surface area contributed by atoms with Gasteiger partial charge in [0.2, 0.25) is 10.0 Å². The number of aromatic nitrogens is 2. The maximum Gasteiger partial charge on any atom is 0.269 e. The van der Waals surface area contributed by atoms with Crippen LogP contribution in [0.15, 0.2) is 85.2 Å². The van der Waals surface area contributed by atoms with E-state index in [0.29, 0.717) is 22.2 Å². The summed E-state index contributed by atoms with van der Waals surface area (Å²) in [5, 5.41) is 15.0. The highest BCUT2D eigenvalue weighted by Gasteiger charge is 2.42. The molecule has 4 aromatic rings. The molecule has 1 aliphatic heterocycles. The molecule has 2 unspecified atom stereocenters. The summed E-state index contributed by atoms with van der Waals surface area (Å²) in [7, 11) is -2.06. The van der Waals surface area contributed by atoms with Gasteiger partial charge in [-0.05, 0) is 60.7 Å². The Hall–Kier alpha value is -4.49. The average molecular weight is 565 g/mol. The molecular formula is C26H24N6O5S2. The summed E-state index contributed by atoms with van der Waals surface area (Å²) < 4.78 is 33.6. The zero-order chi connectivity index (χ0) is 27.7. The molecule has 11 nitrogen and oxygen atoms in total. The van der Waals surface area contributed by atoms with Crippen LogP contribution in [0, 0.1) is 10.1 Å². The van der Waals surface area contributed by atoms with E-state index in [1.54, 1.807) is 36.5 Å². The maximum atomic E-state index is 11.8. The molecule has 1 saturated heterocycles. The molecule has 5 rings (SSSR count). The summed E-state index contributed by atoms with van der Waals surface area (Å²) in [6.45, 7) is 0. The molecule has 13 heteroatoms. The van der Waals surface area contributed by atoms with Gasteiger partial charge in [-0.1, -0.05) is 6.07 Å². The lowest BCUT2D eigenvalue weighted by molar-refractivity contribution is -0.384. The van der Waals surface area contributed by atoms with Crippen molar-refractivity contribution in [1.82, 2.24) is 14.9 Å². The van der Waals surface area contributed by atoms with E-state index in [1.165, 1.54) is 19.2 Å². The number of nitro groups is 1. The van der Waals surface area contributed by atoms with Crippen LogP contribution in [0.5, 0.6) is 5.75 Å². The molecule has 39 heavy (non-hydrogen) atoms. The number of non-ortho nitro benzene ring substituents is 1. The zero-order valence-corrected chi connectivity index (χ0v) is 22.5. The molecule has 2 atom stereocenters. The number of rotatable bonds is 8. The van der Waals surface area contributed by atoms with E-state index >= 15 is 0 Å². The molecule has 0 bridgehead atoms. The van der Waals surface area contributed by atoms with E-state index in [1.807, 2.05) is 46.0 Å². The lowest BCUT2D eigenvalue weighted by Gasteiger charge is -2.29. The first-order valence-corrected chi connectivity index (χ1v) is 14.0. The fourth-order valence-corrected chi connectivity index (χ4v) is 5.57. The monoisotopic (exact) mass is 564 g/mol. The van der Waals surface area contributed by atoms with Gasteiger partial charge in [0.1, 0.15) is 11.8 Å². The van der Waals surface area contributed by atoms with Gasteiger partial charge in [0.15, 0.2) is 5.11 Å². The zero-order valence-electron chi connectivity index (χ0n) is 20.9. The van der Waals surface area contributed by atoms with Gasteiger partial charge in [-0.3, -0.25) is 19.8 Å². The number of methoxy groups -OCH3 is 1. The van der Waals surface area contributed by atoms with Crippen molar-refractivity contribution in [2.75, 3.05) is 23.0 Å². The SMILES string of the molecule is COc1cc(N2C(=S)NC(c3ccccn3)C2c2cccn2-c2ccc([N+](=O)[O-])cc2)ccc1NS(C)(=O)=O. The second kappa shape index (κ2) is 10.3. The topological polar surface area (TPSA) is 132 Å². The first-order chi connectivity index (χ1) is 18.7. The Balaban J connectivity index is 1.63. The van der Waals surface area contributed by atoms with Crippen molar-refractivity contribution < 1.29 is 18.1 Å². The molecule has 0 aliphatic carbocycles. The van der Waals surface area contributed by atoms with Crippen molar-refractivity contribution in [2.45, 2.75) is 12.1 Å². The maximum absolute atomic E-state index is 11.8. The summed E-state index contributed by atoms with van der Waals surface area (Å²) >= 11 is 5.81. The minimum absolute atomic E-state index is 0.000886. The van der Waals surface area contributed by atoms with E-state index < -0.39 is 21.0 Å². The highest BCUT2D eigenvalue weighted by atomic mass is 32.2. The summed E-state index contributed by atoms with van der Waals surface area (Å²) in [6, 6.07) is 20.2. The molecule has 1 aliphatic rings. The smallest absolute Gasteiger partial charge is 0.269 e. The third-order valence-corrected chi connectivity index (χ3v) is 7.18. The van der Waals surface area contributed by atoms with E-state index in [-0.39, 0.29) is 11.7 Å². The number of benzene rings is 2. The van der Waals surface area contributed by atoms with Crippen molar-refractivity contribution in [3.63, 3.8) is 0 Å². The lowest BCUT2D eigenvalue weighted by atomic mass is 10.0. The minimum Gasteiger partial charge on any atom is -0.494 e. The summed E-state index contributed by atoms with van der Waals surface area (Å²) in [5.74, 6) is 0.325. The van der Waals surface area contributed by atoms with Crippen molar-refractivity contribution in [3.05, 3.63) is 107 Å². The van der Waals surface area contributed by atoms with Gasteiger partial charge in [-0.15, -0.1) is 0 Å². The Labute approximate surface area is 230 Å². The number of sulfonamides is 1. The standard InChI is InChI=1S/C26H24N6O5S2/c1-37-23-16-19(12-13-20(23)29-39(2,35)36)31-25(24(28-26(31)38)21-6-3-4-14-27-21)22-7-5-15-30(22)17-8-10-18(11-9-17)32(33)34/h3-16,24-25,29H,1-2H3,(H,28,38).